The van der Waals surface area contributed by atoms with Crippen LogP contribution in [0.15, 0.2) is 18.2 Å². The SMILES string of the molecule is Cc1cc(C)cc(C(C)CC(CN)CO)c1. The molecular formula is C14H23NO. The lowest BCUT2D eigenvalue weighted by Gasteiger charge is -2.18. The van der Waals surface area contributed by atoms with Crippen LogP contribution in [0.25, 0.3) is 0 Å². The largest absolute Gasteiger partial charge is 0.396 e. The van der Waals surface area contributed by atoms with Gasteiger partial charge in [0.15, 0.2) is 0 Å². The molecular weight excluding hydrogens is 198 g/mol. The number of aryl methyl sites for hydroxylation is 2. The van der Waals surface area contributed by atoms with Crippen LogP contribution in [0.4, 0.5) is 0 Å². The van der Waals surface area contributed by atoms with Crippen molar-refractivity contribution in [1.29, 1.82) is 0 Å². The van der Waals surface area contributed by atoms with Crippen LogP contribution in [-0.2, 0) is 0 Å². The third-order valence-corrected chi connectivity index (χ3v) is 3.09. The fourth-order valence-electron chi connectivity index (χ4n) is 2.18. The predicted octanol–water partition coefficient (Wildman–Crippen LogP) is 2.36. The molecule has 0 radical (unpaired) electrons. The van der Waals surface area contributed by atoms with E-state index in [9.17, 15) is 0 Å². The molecule has 2 heteroatoms. The summed E-state index contributed by atoms with van der Waals surface area (Å²) in [6.45, 7) is 7.19. The molecule has 0 spiro atoms. The van der Waals surface area contributed by atoms with Gasteiger partial charge in [0.05, 0.1) is 0 Å². The van der Waals surface area contributed by atoms with Gasteiger partial charge in [-0.05, 0) is 44.2 Å². The molecule has 1 aromatic carbocycles. The van der Waals surface area contributed by atoms with Crippen molar-refractivity contribution < 1.29 is 5.11 Å². The number of hydrogen-bond donors (Lipinski definition) is 2. The Morgan fingerprint density at radius 2 is 1.75 bits per heavy atom. The van der Waals surface area contributed by atoms with Gasteiger partial charge in [-0.2, -0.15) is 0 Å². The number of aliphatic hydroxyl groups is 1. The van der Waals surface area contributed by atoms with E-state index in [-0.39, 0.29) is 12.5 Å². The minimum Gasteiger partial charge on any atom is -0.396 e. The first kappa shape index (κ1) is 13.2. The van der Waals surface area contributed by atoms with E-state index >= 15 is 0 Å². The molecule has 0 aliphatic rings. The van der Waals surface area contributed by atoms with Gasteiger partial charge in [0.25, 0.3) is 0 Å². The molecule has 0 aromatic heterocycles. The van der Waals surface area contributed by atoms with Crippen molar-refractivity contribution in [3.63, 3.8) is 0 Å². The van der Waals surface area contributed by atoms with E-state index in [1.54, 1.807) is 0 Å². The molecule has 0 aliphatic heterocycles. The number of hydrogen-bond acceptors (Lipinski definition) is 2. The summed E-state index contributed by atoms with van der Waals surface area (Å²) in [6.07, 6.45) is 0.954. The zero-order chi connectivity index (χ0) is 12.1. The molecule has 16 heavy (non-hydrogen) atoms. The lowest BCUT2D eigenvalue weighted by atomic mass is 9.89. The summed E-state index contributed by atoms with van der Waals surface area (Å²) in [5.74, 6) is 0.676. The molecule has 1 aromatic rings. The standard InChI is InChI=1S/C14H23NO/c1-10-4-11(2)6-14(5-10)12(3)7-13(8-15)9-16/h4-6,12-13,16H,7-9,15H2,1-3H3. The Morgan fingerprint density at radius 3 is 2.19 bits per heavy atom. The number of benzene rings is 1. The van der Waals surface area contributed by atoms with Crippen LogP contribution in [0.1, 0.15) is 36.0 Å². The van der Waals surface area contributed by atoms with E-state index < -0.39 is 0 Å². The van der Waals surface area contributed by atoms with Crippen molar-refractivity contribution in [2.45, 2.75) is 33.1 Å². The van der Waals surface area contributed by atoms with E-state index in [4.69, 9.17) is 10.8 Å². The van der Waals surface area contributed by atoms with Gasteiger partial charge in [-0.25, -0.2) is 0 Å². The van der Waals surface area contributed by atoms with Crippen LogP contribution in [-0.4, -0.2) is 18.3 Å². The molecule has 0 bridgehead atoms. The topological polar surface area (TPSA) is 46.2 Å². The molecule has 1 rings (SSSR count). The maximum atomic E-state index is 9.15. The van der Waals surface area contributed by atoms with Crippen LogP contribution in [0.3, 0.4) is 0 Å². The highest BCUT2D eigenvalue weighted by Gasteiger charge is 2.13. The van der Waals surface area contributed by atoms with Gasteiger partial charge in [-0.15, -0.1) is 0 Å². The first-order valence-corrected chi connectivity index (χ1v) is 5.96. The van der Waals surface area contributed by atoms with E-state index in [2.05, 4.69) is 39.0 Å². The molecule has 0 fully saturated rings. The Labute approximate surface area is 98.5 Å². The van der Waals surface area contributed by atoms with Gasteiger partial charge < -0.3 is 10.8 Å². The average Bonchev–Trinajstić information content (AvgIpc) is 2.24. The third kappa shape index (κ3) is 3.62. The lowest BCUT2D eigenvalue weighted by Crippen LogP contribution is -2.20. The summed E-state index contributed by atoms with van der Waals surface area (Å²) in [5.41, 5.74) is 9.56. The minimum atomic E-state index is 0.186. The van der Waals surface area contributed by atoms with Gasteiger partial charge in [0.2, 0.25) is 0 Å². The molecule has 0 aliphatic carbocycles. The highest BCUT2D eigenvalue weighted by Crippen LogP contribution is 2.24. The van der Waals surface area contributed by atoms with E-state index in [0.29, 0.717) is 12.5 Å². The highest BCUT2D eigenvalue weighted by atomic mass is 16.3. The maximum absolute atomic E-state index is 9.15. The van der Waals surface area contributed by atoms with Crippen molar-refractivity contribution in [3.8, 4) is 0 Å². The maximum Gasteiger partial charge on any atom is 0.0471 e. The molecule has 0 heterocycles. The van der Waals surface area contributed by atoms with E-state index in [1.165, 1.54) is 16.7 Å². The summed E-state index contributed by atoms with van der Waals surface area (Å²) < 4.78 is 0. The monoisotopic (exact) mass is 221 g/mol. The molecule has 2 unspecified atom stereocenters. The van der Waals surface area contributed by atoms with Crippen LogP contribution in [0, 0.1) is 19.8 Å². The van der Waals surface area contributed by atoms with Crippen molar-refractivity contribution in [3.05, 3.63) is 34.9 Å². The smallest absolute Gasteiger partial charge is 0.0471 e. The molecule has 3 N–H and O–H groups in total. The second-order valence-corrected chi connectivity index (χ2v) is 4.84. The Morgan fingerprint density at radius 1 is 1.19 bits per heavy atom. The van der Waals surface area contributed by atoms with Crippen LogP contribution >= 0.6 is 0 Å². The number of nitrogens with two attached hydrogens (primary N) is 1. The quantitative estimate of drug-likeness (QED) is 0.802. The van der Waals surface area contributed by atoms with E-state index in [1.807, 2.05) is 0 Å². The lowest BCUT2D eigenvalue weighted by molar-refractivity contribution is 0.217. The summed E-state index contributed by atoms with van der Waals surface area (Å²) in [4.78, 5) is 0. The molecule has 2 nitrogen and oxygen atoms in total. The van der Waals surface area contributed by atoms with Crippen LogP contribution in [0.5, 0.6) is 0 Å². The average molecular weight is 221 g/mol. The van der Waals surface area contributed by atoms with Crippen molar-refractivity contribution in [2.24, 2.45) is 11.7 Å². The van der Waals surface area contributed by atoms with Gasteiger partial charge in [0, 0.05) is 6.61 Å². The minimum absolute atomic E-state index is 0.186. The van der Waals surface area contributed by atoms with Gasteiger partial charge in [-0.1, -0.05) is 36.2 Å². The predicted molar refractivity (Wildman–Crippen MR) is 68.6 cm³/mol. The third-order valence-electron chi connectivity index (χ3n) is 3.09. The molecule has 90 valence electrons. The summed E-state index contributed by atoms with van der Waals surface area (Å²) in [7, 11) is 0. The molecule has 2 atom stereocenters. The van der Waals surface area contributed by atoms with Crippen LogP contribution < -0.4 is 5.73 Å². The van der Waals surface area contributed by atoms with Gasteiger partial charge in [-0.3, -0.25) is 0 Å². The zero-order valence-electron chi connectivity index (χ0n) is 10.5. The molecule has 0 amide bonds. The fourth-order valence-corrected chi connectivity index (χ4v) is 2.18. The molecule has 0 saturated carbocycles. The molecule has 0 saturated heterocycles. The Hall–Kier alpha value is -0.860. The van der Waals surface area contributed by atoms with Gasteiger partial charge in [0.1, 0.15) is 0 Å². The second kappa shape index (κ2) is 6.02. The Bertz CT molecular complexity index is 311. The number of aliphatic hydroxyl groups excluding tert-OH is 1. The first-order chi connectivity index (χ1) is 7.56. The summed E-state index contributed by atoms with van der Waals surface area (Å²) in [5, 5.41) is 9.15. The summed E-state index contributed by atoms with van der Waals surface area (Å²) in [6, 6.07) is 6.63. The Balaban J connectivity index is 2.75. The first-order valence-electron chi connectivity index (χ1n) is 5.96. The normalized spacial score (nSPS) is 14.8. The van der Waals surface area contributed by atoms with Crippen LogP contribution in [0.2, 0.25) is 0 Å². The van der Waals surface area contributed by atoms with Crippen molar-refractivity contribution in [2.75, 3.05) is 13.2 Å². The van der Waals surface area contributed by atoms with Crippen molar-refractivity contribution >= 4 is 0 Å². The Kier molecular flexibility index (Phi) is 4.97. The van der Waals surface area contributed by atoms with E-state index in [0.717, 1.165) is 6.42 Å². The number of rotatable bonds is 5. The fraction of sp³-hybridized carbons (Fsp3) is 0.571. The zero-order valence-corrected chi connectivity index (χ0v) is 10.5. The summed E-state index contributed by atoms with van der Waals surface area (Å²) >= 11 is 0. The highest BCUT2D eigenvalue weighted by molar-refractivity contribution is 5.30. The van der Waals surface area contributed by atoms with Crippen molar-refractivity contribution in [1.82, 2.24) is 0 Å². The second-order valence-electron chi connectivity index (χ2n) is 4.84. The van der Waals surface area contributed by atoms with Gasteiger partial charge >= 0.3 is 0 Å².